The lowest BCUT2D eigenvalue weighted by atomic mass is 10.1. The van der Waals surface area contributed by atoms with Crippen molar-refractivity contribution < 1.29 is 51.3 Å². The van der Waals surface area contributed by atoms with Gasteiger partial charge in [0.2, 0.25) is 0 Å². The Labute approximate surface area is 326 Å². The van der Waals surface area contributed by atoms with Gasteiger partial charge in [-0.2, -0.15) is 4.42 Å². The summed E-state index contributed by atoms with van der Waals surface area (Å²) in [6.07, 6.45) is 4.32. The van der Waals surface area contributed by atoms with Gasteiger partial charge in [0.25, 0.3) is 15.0 Å². The molecule has 18 heteroatoms. The van der Waals surface area contributed by atoms with Crippen molar-refractivity contribution in [3.05, 3.63) is 77.4 Å². The van der Waals surface area contributed by atoms with Gasteiger partial charge in [-0.3, -0.25) is 4.79 Å². The van der Waals surface area contributed by atoms with Gasteiger partial charge in [-0.25, -0.2) is 27.2 Å². The summed E-state index contributed by atoms with van der Waals surface area (Å²) in [6, 6.07) is 16.7. The molecule has 0 N–H and O–H groups in total. The normalized spacial score (nSPS) is 16.1. The molecule has 2 aliphatic carbocycles. The molecule has 0 aromatic heterocycles. The van der Waals surface area contributed by atoms with E-state index in [1.165, 1.54) is 45.8 Å². The van der Waals surface area contributed by atoms with Crippen LogP contribution in [-0.4, -0.2) is 80.2 Å². The van der Waals surface area contributed by atoms with E-state index in [0.717, 1.165) is 58.3 Å². The van der Waals surface area contributed by atoms with Crippen molar-refractivity contribution in [3.63, 3.8) is 0 Å². The number of amides is 3. The third-order valence-corrected chi connectivity index (χ3v) is 11.0. The van der Waals surface area contributed by atoms with Gasteiger partial charge in [-0.1, -0.05) is 12.1 Å². The highest BCUT2D eigenvalue weighted by molar-refractivity contribution is 8.13. The molecule has 0 radical (unpaired) electrons. The minimum absolute atomic E-state index is 0.0335. The summed E-state index contributed by atoms with van der Waals surface area (Å²) in [5.74, 6) is 1.15. The van der Waals surface area contributed by atoms with Gasteiger partial charge in [0.15, 0.2) is 0 Å². The largest absolute Gasteiger partial charge is 0.497 e. The number of benzene rings is 3. The molecular weight excluding hydrogens is 795 g/mol. The first-order valence-electron chi connectivity index (χ1n) is 16.0. The summed E-state index contributed by atoms with van der Waals surface area (Å²) >= 11 is 12.4. The molecule has 286 valence electrons. The zero-order chi connectivity index (χ0) is 39.1. The molecule has 0 spiro atoms. The number of methoxy groups -OCH3 is 3. The zero-order valence-corrected chi connectivity index (χ0v) is 33.2. The minimum atomic E-state index is -3.98. The van der Waals surface area contributed by atoms with E-state index in [2.05, 4.69) is 4.74 Å². The Morgan fingerprint density at radius 1 is 0.811 bits per heavy atom. The predicted octanol–water partition coefficient (Wildman–Crippen LogP) is 7.59. The highest BCUT2D eigenvalue weighted by Gasteiger charge is 2.51. The maximum atomic E-state index is 11.8. The number of thioether (sulfide) groups is 1. The second-order valence-electron chi connectivity index (χ2n) is 12.2. The summed E-state index contributed by atoms with van der Waals surface area (Å²) in [5.41, 5.74) is 0.791. The fraction of sp³-hybridized carbons (Fsp3) is 0.371. The molecule has 1 heterocycles. The van der Waals surface area contributed by atoms with Crippen molar-refractivity contribution in [2.45, 2.75) is 72.8 Å². The van der Waals surface area contributed by atoms with E-state index < -0.39 is 32.5 Å². The molecule has 0 bridgehead atoms. The summed E-state index contributed by atoms with van der Waals surface area (Å²) in [4.78, 5) is 45.9. The standard InChI is InChI=1S/C19H20O4S.C11H11ClO5S.C5H6Cl2N2O2/c1-21-15-6-3-13(4-7-15)12-24-18-11-14(19(20)22-2)5-10-17(18)23-16-8-9-16;1-16-11(13)7-2-5-9(17-8-3-4-8)10(6-7)18(12,14)15;1-5(2)3(10)8(6)4(11)9(5)7/h3-7,10-11,16H,8-9,12H2,1-2H3;2,5-6,8H,3-4H2,1H3;1-2H3. The number of ether oxygens (including phenoxy) is 5. The number of carbonyl (C=O) groups excluding carboxylic acids is 4. The van der Waals surface area contributed by atoms with Crippen molar-refractivity contribution in [2.75, 3.05) is 21.3 Å². The number of esters is 2. The number of hydrogen-bond acceptors (Lipinski definition) is 12. The first kappa shape index (κ1) is 41.9. The van der Waals surface area contributed by atoms with Crippen LogP contribution in [-0.2, 0) is 29.1 Å². The van der Waals surface area contributed by atoms with Crippen LogP contribution in [0.5, 0.6) is 17.2 Å². The van der Waals surface area contributed by atoms with Crippen molar-refractivity contribution >= 4 is 78.9 Å². The smallest absolute Gasteiger partial charge is 0.357 e. The average molecular weight is 832 g/mol. The maximum absolute atomic E-state index is 11.8. The first-order chi connectivity index (χ1) is 25.0. The van der Waals surface area contributed by atoms with Crippen LogP contribution < -0.4 is 14.2 Å². The molecule has 3 aliphatic rings. The van der Waals surface area contributed by atoms with Crippen LogP contribution in [0.15, 0.2) is 70.5 Å². The second kappa shape index (κ2) is 18.0. The summed E-state index contributed by atoms with van der Waals surface area (Å²) in [7, 11) is 5.61. The number of nitrogens with zero attached hydrogens (tertiary/aromatic N) is 2. The van der Waals surface area contributed by atoms with E-state index in [1.807, 2.05) is 36.4 Å². The highest BCUT2D eigenvalue weighted by atomic mass is 35.7. The van der Waals surface area contributed by atoms with Gasteiger partial charge >= 0.3 is 18.0 Å². The van der Waals surface area contributed by atoms with Gasteiger partial charge in [0, 0.05) is 40.0 Å². The molecule has 53 heavy (non-hydrogen) atoms. The van der Waals surface area contributed by atoms with Crippen LogP contribution in [0.1, 0.15) is 65.8 Å². The SMILES string of the molecule is CC1(C)C(=O)N(Cl)C(=O)N1Cl.COC(=O)c1ccc(OC2CC2)c(S(=O)(=O)Cl)c1.COC(=O)c1ccc(OC2CC2)c(SCc2ccc(OC)cc2)c1. The van der Waals surface area contributed by atoms with Gasteiger partial charge in [0.1, 0.15) is 27.7 Å². The molecule has 6 rings (SSSR count). The van der Waals surface area contributed by atoms with E-state index in [9.17, 15) is 27.6 Å². The fourth-order valence-electron chi connectivity index (χ4n) is 4.34. The summed E-state index contributed by atoms with van der Waals surface area (Å²) < 4.78 is 50.1. The molecule has 1 aliphatic heterocycles. The molecular formula is C35H37Cl3N2O11S2. The lowest BCUT2D eigenvalue weighted by molar-refractivity contribution is -0.127. The quantitative estimate of drug-likeness (QED) is 0.0615. The van der Waals surface area contributed by atoms with Gasteiger partial charge in [0.05, 0.1) is 49.6 Å². The Bertz CT molecular complexity index is 1940. The number of hydrogen-bond donors (Lipinski definition) is 0. The lowest BCUT2D eigenvalue weighted by Crippen LogP contribution is -2.38. The lowest BCUT2D eigenvalue weighted by Gasteiger charge is -2.18. The predicted molar refractivity (Wildman–Crippen MR) is 198 cm³/mol. The van der Waals surface area contributed by atoms with Crippen molar-refractivity contribution in [1.82, 2.24) is 8.84 Å². The van der Waals surface area contributed by atoms with Crippen LogP contribution >= 0.6 is 46.0 Å². The van der Waals surface area contributed by atoms with E-state index in [4.69, 9.17) is 53.2 Å². The molecule has 3 aromatic carbocycles. The summed E-state index contributed by atoms with van der Waals surface area (Å²) in [6.45, 7) is 3.03. The van der Waals surface area contributed by atoms with Crippen LogP contribution in [0.25, 0.3) is 0 Å². The molecule has 3 fully saturated rings. The van der Waals surface area contributed by atoms with Crippen molar-refractivity contribution in [2.24, 2.45) is 0 Å². The molecule has 3 aromatic rings. The molecule has 3 amide bonds. The van der Waals surface area contributed by atoms with E-state index in [1.54, 1.807) is 24.9 Å². The van der Waals surface area contributed by atoms with Crippen LogP contribution in [0.4, 0.5) is 4.79 Å². The summed E-state index contributed by atoms with van der Waals surface area (Å²) in [5, 5.41) is 0. The zero-order valence-electron chi connectivity index (χ0n) is 29.3. The van der Waals surface area contributed by atoms with Gasteiger partial charge < -0.3 is 23.7 Å². The Balaban J connectivity index is 0.000000191. The van der Waals surface area contributed by atoms with Gasteiger partial charge in [-0.05, 0) is 93.6 Å². The number of urea groups is 1. The van der Waals surface area contributed by atoms with Gasteiger partial charge in [-0.15, -0.1) is 11.8 Å². The third-order valence-electron chi connectivity index (χ3n) is 7.71. The molecule has 0 unspecified atom stereocenters. The maximum Gasteiger partial charge on any atom is 0.357 e. The Morgan fingerprint density at radius 3 is 1.74 bits per heavy atom. The number of imide groups is 1. The Morgan fingerprint density at radius 2 is 1.32 bits per heavy atom. The minimum Gasteiger partial charge on any atom is -0.497 e. The topological polar surface area (TPSA) is 155 Å². The second-order valence-corrected chi connectivity index (χ2v) is 16.5. The molecule has 13 nitrogen and oxygen atoms in total. The molecule has 1 saturated heterocycles. The van der Waals surface area contributed by atoms with E-state index in [-0.39, 0.29) is 28.3 Å². The van der Waals surface area contributed by atoms with Crippen molar-refractivity contribution in [3.8, 4) is 17.2 Å². The van der Waals surface area contributed by atoms with Crippen LogP contribution in [0.3, 0.4) is 0 Å². The first-order valence-corrected chi connectivity index (χ1v) is 20.0. The molecule has 0 atom stereocenters. The van der Waals surface area contributed by atoms with Crippen molar-refractivity contribution in [1.29, 1.82) is 0 Å². The third kappa shape index (κ3) is 11.3. The van der Waals surface area contributed by atoms with Crippen LogP contribution in [0.2, 0.25) is 0 Å². The fourth-order valence-corrected chi connectivity index (χ4v) is 6.78. The number of halogens is 3. The van der Waals surface area contributed by atoms with E-state index in [0.29, 0.717) is 16.1 Å². The Hall–Kier alpha value is -3.89. The van der Waals surface area contributed by atoms with E-state index >= 15 is 0 Å². The average Bonchev–Trinajstić information content (AvgIpc) is 4.10. The highest BCUT2D eigenvalue weighted by Crippen LogP contribution is 2.37. The number of rotatable bonds is 11. The number of carbonyl (C=O) groups is 4. The molecule has 2 saturated carbocycles. The van der Waals surface area contributed by atoms with Crippen LogP contribution in [0, 0.1) is 0 Å². The Kier molecular flexibility index (Phi) is 14.2. The monoisotopic (exact) mass is 830 g/mol.